The number of ether oxygens (including phenoxy) is 1. The van der Waals surface area contributed by atoms with Crippen molar-refractivity contribution in [3.05, 3.63) is 41.8 Å². The predicted molar refractivity (Wildman–Crippen MR) is 73.6 cm³/mol. The molecule has 0 radical (unpaired) electrons. The fraction of sp³-hybridized carbons (Fsp3) is 0.0769. The normalized spacial score (nSPS) is 10.6. The van der Waals surface area contributed by atoms with Crippen LogP contribution in [0.25, 0.3) is 10.2 Å². The van der Waals surface area contributed by atoms with Gasteiger partial charge in [0.25, 0.3) is 0 Å². The number of methoxy groups -OCH3 is 1. The van der Waals surface area contributed by atoms with Gasteiger partial charge >= 0.3 is 0 Å². The summed E-state index contributed by atoms with van der Waals surface area (Å²) in [6.45, 7) is 0. The van der Waals surface area contributed by atoms with Crippen LogP contribution in [0.15, 0.2) is 36.0 Å². The third-order valence-electron chi connectivity index (χ3n) is 2.66. The van der Waals surface area contributed by atoms with Gasteiger partial charge in [0.05, 0.1) is 23.0 Å². The molecule has 0 atom stereocenters. The smallest absolute Gasteiger partial charge is 0.151 e. The van der Waals surface area contributed by atoms with Crippen molar-refractivity contribution in [1.82, 2.24) is 9.97 Å². The van der Waals surface area contributed by atoms with Gasteiger partial charge in [-0.25, -0.2) is 14.4 Å². The molecule has 0 spiro atoms. The molecule has 0 unspecified atom stereocenters. The Labute approximate surface area is 112 Å². The maximum atomic E-state index is 13.1. The van der Waals surface area contributed by atoms with E-state index in [4.69, 9.17) is 4.74 Å². The largest absolute Gasteiger partial charge is 0.494 e. The summed E-state index contributed by atoms with van der Waals surface area (Å²) in [7, 11) is 1.50. The summed E-state index contributed by atoms with van der Waals surface area (Å²) < 4.78 is 19.2. The summed E-state index contributed by atoms with van der Waals surface area (Å²) >= 11 is 1.55. The van der Waals surface area contributed by atoms with E-state index >= 15 is 0 Å². The molecule has 0 aliphatic heterocycles. The van der Waals surface area contributed by atoms with Gasteiger partial charge in [0, 0.05) is 6.07 Å². The number of fused-ring (bicyclic) bond motifs is 1. The zero-order chi connectivity index (χ0) is 13.2. The molecule has 0 saturated carbocycles. The third-order valence-corrected chi connectivity index (χ3v) is 3.57. The summed E-state index contributed by atoms with van der Waals surface area (Å²) in [4.78, 5) is 8.38. The zero-order valence-corrected chi connectivity index (χ0v) is 10.9. The number of hydrogen-bond donors (Lipinski definition) is 1. The van der Waals surface area contributed by atoms with Crippen LogP contribution in [0.5, 0.6) is 5.75 Å². The number of aromatic nitrogens is 2. The van der Waals surface area contributed by atoms with Gasteiger partial charge < -0.3 is 10.1 Å². The lowest BCUT2D eigenvalue weighted by molar-refractivity contribution is 0.413. The maximum Gasteiger partial charge on any atom is 0.151 e. The van der Waals surface area contributed by atoms with Crippen LogP contribution in [0.3, 0.4) is 0 Å². The summed E-state index contributed by atoms with van der Waals surface area (Å²) in [5, 5.41) is 5.10. The molecule has 3 rings (SSSR count). The Hall–Kier alpha value is -2.21. The first kappa shape index (κ1) is 11.9. The van der Waals surface area contributed by atoms with Crippen molar-refractivity contribution in [2.75, 3.05) is 12.4 Å². The molecule has 0 aliphatic carbocycles. The second-order valence-corrected chi connectivity index (χ2v) is 4.74. The molecule has 6 heteroatoms. The first-order chi connectivity index (χ1) is 9.28. The highest BCUT2D eigenvalue weighted by atomic mass is 32.1. The predicted octanol–water partition coefficient (Wildman–Crippen LogP) is 3.58. The van der Waals surface area contributed by atoms with E-state index in [9.17, 15) is 4.39 Å². The summed E-state index contributed by atoms with van der Waals surface area (Å²) in [6, 6.07) is 6.25. The van der Waals surface area contributed by atoms with Crippen molar-refractivity contribution in [3.8, 4) is 5.75 Å². The van der Waals surface area contributed by atoms with Gasteiger partial charge in [0.2, 0.25) is 0 Å². The molecule has 2 heterocycles. The zero-order valence-electron chi connectivity index (χ0n) is 10.1. The van der Waals surface area contributed by atoms with Gasteiger partial charge in [-0.2, -0.15) is 0 Å². The molecule has 3 aromatic rings. The van der Waals surface area contributed by atoms with E-state index in [1.807, 2.05) is 11.4 Å². The quantitative estimate of drug-likeness (QED) is 0.793. The van der Waals surface area contributed by atoms with Crippen molar-refractivity contribution in [2.24, 2.45) is 0 Å². The summed E-state index contributed by atoms with van der Waals surface area (Å²) in [6.07, 6.45) is 1.49. The maximum absolute atomic E-state index is 13.1. The fourth-order valence-electron chi connectivity index (χ4n) is 1.77. The Kier molecular flexibility index (Phi) is 3.00. The van der Waals surface area contributed by atoms with E-state index in [0.29, 0.717) is 17.3 Å². The summed E-state index contributed by atoms with van der Waals surface area (Å²) in [5.41, 5.74) is 1.54. The minimum Gasteiger partial charge on any atom is -0.494 e. The minimum atomic E-state index is -0.341. The van der Waals surface area contributed by atoms with E-state index in [1.165, 1.54) is 25.6 Å². The van der Waals surface area contributed by atoms with Gasteiger partial charge in [-0.1, -0.05) is 0 Å². The lowest BCUT2D eigenvalue weighted by atomic mass is 10.3. The van der Waals surface area contributed by atoms with E-state index in [-0.39, 0.29) is 5.82 Å². The number of halogens is 1. The van der Waals surface area contributed by atoms with Crippen LogP contribution in [0.2, 0.25) is 0 Å². The molecule has 0 saturated heterocycles. The average molecular weight is 275 g/mol. The molecule has 19 heavy (non-hydrogen) atoms. The summed E-state index contributed by atoms with van der Waals surface area (Å²) in [5.74, 6) is 0.777. The highest BCUT2D eigenvalue weighted by Crippen LogP contribution is 2.31. The monoisotopic (exact) mass is 275 g/mol. The van der Waals surface area contributed by atoms with Crippen LogP contribution in [-0.4, -0.2) is 17.1 Å². The molecule has 2 aromatic heterocycles. The first-order valence-electron chi connectivity index (χ1n) is 5.56. The lowest BCUT2D eigenvalue weighted by Crippen LogP contribution is -1.97. The number of benzene rings is 1. The SMILES string of the molecule is COc1cc(F)ccc1Nc1ncnc2ccsc12. The Morgan fingerprint density at radius 1 is 1.26 bits per heavy atom. The molecule has 0 fully saturated rings. The van der Waals surface area contributed by atoms with Gasteiger partial charge in [0.15, 0.2) is 5.82 Å². The Balaban J connectivity index is 2.03. The Morgan fingerprint density at radius 2 is 2.16 bits per heavy atom. The van der Waals surface area contributed by atoms with Crippen LogP contribution in [0.1, 0.15) is 0 Å². The average Bonchev–Trinajstić information content (AvgIpc) is 2.90. The topological polar surface area (TPSA) is 47.0 Å². The van der Waals surface area contributed by atoms with Crippen molar-refractivity contribution in [3.63, 3.8) is 0 Å². The molecule has 0 aliphatic rings. The van der Waals surface area contributed by atoms with Crippen LogP contribution in [-0.2, 0) is 0 Å². The van der Waals surface area contributed by atoms with Gasteiger partial charge in [-0.3, -0.25) is 0 Å². The van der Waals surface area contributed by atoms with E-state index in [2.05, 4.69) is 15.3 Å². The van der Waals surface area contributed by atoms with Crippen LogP contribution in [0.4, 0.5) is 15.9 Å². The molecule has 4 nitrogen and oxygen atoms in total. The van der Waals surface area contributed by atoms with E-state index < -0.39 is 0 Å². The first-order valence-corrected chi connectivity index (χ1v) is 6.44. The molecule has 0 bridgehead atoms. The second kappa shape index (κ2) is 4.81. The van der Waals surface area contributed by atoms with Crippen molar-refractivity contribution in [2.45, 2.75) is 0 Å². The van der Waals surface area contributed by atoms with E-state index in [1.54, 1.807) is 17.4 Å². The molecule has 1 aromatic carbocycles. The Bertz CT molecular complexity index is 729. The number of nitrogens with zero attached hydrogens (tertiary/aromatic N) is 2. The van der Waals surface area contributed by atoms with Crippen molar-refractivity contribution in [1.29, 1.82) is 0 Å². The third kappa shape index (κ3) is 2.22. The highest BCUT2D eigenvalue weighted by Gasteiger charge is 2.09. The molecular weight excluding hydrogens is 265 g/mol. The molecule has 1 N–H and O–H groups in total. The molecular formula is C13H10FN3OS. The van der Waals surface area contributed by atoms with Gasteiger partial charge in [-0.05, 0) is 23.6 Å². The fourth-order valence-corrected chi connectivity index (χ4v) is 2.56. The van der Waals surface area contributed by atoms with Gasteiger partial charge in [-0.15, -0.1) is 11.3 Å². The van der Waals surface area contributed by atoms with Crippen LogP contribution >= 0.6 is 11.3 Å². The van der Waals surface area contributed by atoms with Gasteiger partial charge in [0.1, 0.15) is 17.9 Å². The van der Waals surface area contributed by atoms with Crippen LogP contribution < -0.4 is 10.1 Å². The second-order valence-electron chi connectivity index (χ2n) is 3.83. The van der Waals surface area contributed by atoms with Crippen LogP contribution in [0, 0.1) is 5.82 Å². The standard InChI is InChI=1S/C13H10FN3OS/c1-18-11-6-8(14)2-3-9(11)17-13-12-10(4-5-19-12)15-7-16-13/h2-7H,1H3,(H,15,16,17). The number of rotatable bonds is 3. The number of nitrogens with one attached hydrogen (secondary N) is 1. The number of thiophene rings is 1. The molecule has 96 valence electrons. The number of anilines is 2. The van der Waals surface area contributed by atoms with E-state index in [0.717, 1.165) is 10.2 Å². The number of hydrogen-bond acceptors (Lipinski definition) is 5. The molecule has 0 amide bonds. The lowest BCUT2D eigenvalue weighted by Gasteiger charge is -2.10. The van der Waals surface area contributed by atoms with Crippen molar-refractivity contribution >= 4 is 33.1 Å². The Morgan fingerprint density at radius 3 is 3.00 bits per heavy atom. The minimum absolute atomic E-state index is 0.341. The van der Waals surface area contributed by atoms with Crippen molar-refractivity contribution < 1.29 is 9.13 Å². The highest BCUT2D eigenvalue weighted by molar-refractivity contribution is 7.17.